The zero-order chi connectivity index (χ0) is 29.1. The van der Waals surface area contributed by atoms with Crippen LogP contribution >= 0.6 is 0 Å². The van der Waals surface area contributed by atoms with E-state index in [1.165, 1.54) is 0 Å². The number of carbonyl (C=O) groups excluding carboxylic acids is 2. The van der Waals surface area contributed by atoms with Gasteiger partial charge in [-0.2, -0.15) is 0 Å². The molecule has 6 nitrogen and oxygen atoms in total. The molecule has 0 aromatic rings. The summed E-state index contributed by atoms with van der Waals surface area (Å²) in [4.78, 5) is 22.4. The Morgan fingerprint density at radius 2 is 1.29 bits per heavy atom. The summed E-state index contributed by atoms with van der Waals surface area (Å²) in [5, 5.41) is 19.3. The van der Waals surface area contributed by atoms with Gasteiger partial charge in [0.1, 0.15) is 0 Å². The molecule has 0 aromatic heterocycles. The van der Waals surface area contributed by atoms with Crippen molar-refractivity contribution in [1.82, 2.24) is 5.32 Å². The molecule has 222 valence electrons. The topological polar surface area (TPSA) is 113 Å². The van der Waals surface area contributed by atoms with Crippen molar-refractivity contribution in [2.24, 2.45) is 46.2 Å². The standard InChI is InChI=1S/C10H18N2O3.C9H15.C7H16.C4H10O.CH3.K/c11-9(14)7-1-3-8(4-2-7)10(15)12-5-6-13;1-6-9(4,5)7-8(2)3;1-6(2)7(3,4)5;1-4(2)3-5;;/h7-8,13H,1-6H2,(H2,11,14)(H,12,15);8H,7H2,2-5H3;6H,1-5H3;4-5H,3H2,1-2H3;1H3;/q;-1;;;-1;+1. The van der Waals surface area contributed by atoms with Crippen molar-refractivity contribution in [3.63, 3.8) is 0 Å². The molecule has 1 fully saturated rings. The number of aliphatic hydroxyl groups excluding tert-OH is 2. The maximum Gasteiger partial charge on any atom is 1.00 e. The number of hydrogen-bond donors (Lipinski definition) is 4. The maximum atomic E-state index is 11.5. The van der Waals surface area contributed by atoms with Crippen LogP contribution in [-0.2, 0) is 9.59 Å². The first-order valence-corrected chi connectivity index (χ1v) is 13.6. The third-order valence-electron chi connectivity index (χ3n) is 6.27. The Kier molecular flexibility index (Phi) is 32.7. The van der Waals surface area contributed by atoms with Gasteiger partial charge < -0.3 is 41.0 Å². The van der Waals surface area contributed by atoms with Gasteiger partial charge in [0.25, 0.3) is 0 Å². The zero-order valence-electron chi connectivity index (χ0n) is 27.3. The predicted molar refractivity (Wildman–Crippen MR) is 158 cm³/mol. The maximum absolute atomic E-state index is 11.5. The molecule has 0 saturated heterocycles. The molecule has 1 saturated carbocycles. The molecule has 0 aromatic carbocycles. The first-order valence-electron chi connectivity index (χ1n) is 13.6. The molecule has 0 unspecified atom stereocenters. The monoisotopic (exact) mass is 565 g/mol. The van der Waals surface area contributed by atoms with E-state index in [1.807, 2.05) is 27.7 Å². The van der Waals surface area contributed by atoms with Crippen molar-refractivity contribution in [3.8, 4) is 5.92 Å². The number of primary amides is 1. The summed E-state index contributed by atoms with van der Waals surface area (Å²) in [6, 6.07) is 0. The molecule has 7 heteroatoms. The summed E-state index contributed by atoms with van der Waals surface area (Å²) in [6.45, 7) is 24.2. The third kappa shape index (κ3) is 30.6. The van der Waals surface area contributed by atoms with Crippen molar-refractivity contribution >= 4 is 11.8 Å². The third-order valence-corrected chi connectivity index (χ3v) is 6.27. The fourth-order valence-corrected chi connectivity index (χ4v) is 3.04. The Morgan fingerprint density at radius 3 is 1.50 bits per heavy atom. The van der Waals surface area contributed by atoms with E-state index in [-0.39, 0.29) is 94.5 Å². The minimum Gasteiger partial charge on any atom is -0.693 e. The smallest absolute Gasteiger partial charge is 0.693 e. The Labute approximate surface area is 279 Å². The average Bonchev–Trinajstić information content (AvgIpc) is 2.77. The van der Waals surface area contributed by atoms with Gasteiger partial charge in [-0.1, -0.05) is 76.2 Å². The van der Waals surface area contributed by atoms with E-state index in [4.69, 9.17) is 22.4 Å². The second-order valence-electron chi connectivity index (χ2n) is 12.7. The minimum atomic E-state index is -0.260. The summed E-state index contributed by atoms with van der Waals surface area (Å²) in [7, 11) is 0. The van der Waals surface area contributed by atoms with Crippen LogP contribution in [0.25, 0.3) is 0 Å². The molecular weight excluding hydrogens is 503 g/mol. The summed E-state index contributed by atoms with van der Waals surface area (Å²) in [5.74, 6) is 4.06. The van der Waals surface area contributed by atoms with Crippen LogP contribution < -0.4 is 62.4 Å². The van der Waals surface area contributed by atoms with E-state index in [1.54, 1.807) is 0 Å². The second kappa shape index (κ2) is 26.0. The van der Waals surface area contributed by atoms with Crippen molar-refractivity contribution in [2.75, 3.05) is 19.8 Å². The van der Waals surface area contributed by atoms with Gasteiger partial charge in [0.2, 0.25) is 11.8 Å². The number of hydrogen-bond acceptors (Lipinski definition) is 4. The SMILES string of the molecule is CC(C)C(C)(C)C.CC(C)CO.NC(=O)C1CCC(C(=O)NCCO)CC1.[C-]#CC(C)(C)CC(C)C.[CH3-].[K+]. The van der Waals surface area contributed by atoms with Crippen LogP contribution in [0.2, 0.25) is 0 Å². The van der Waals surface area contributed by atoms with Crippen LogP contribution in [0.3, 0.4) is 0 Å². The average molecular weight is 566 g/mol. The molecule has 1 aliphatic carbocycles. The van der Waals surface area contributed by atoms with Crippen molar-refractivity contribution in [3.05, 3.63) is 13.9 Å². The molecule has 5 N–H and O–H groups in total. The predicted octanol–water partition coefficient (Wildman–Crippen LogP) is 2.81. The Bertz CT molecular complexity index is 612. The van der Waals surface area contributed by atoms with Crippen LogP contribution in [0.4, 0.5) is 0 Å². The summed E-state index contributed by atoms with van der Waals surface area (Å²) >= 11 is 0. The fraction of sp³-hybridized carbons (Fsp3) is 0.839. The Balaban J connectivity index is -0.000000137. The number of aliphatic hydroxyl groups is 2. The fourth-order valence-electron chi connectivity index (χ4n) is 3.04. The largest absolute Gasteiger partial charge is 1.00 e. The molecule has 0 atom stereocenters. The quantitative estimate of drug-likeness (QED) is 0.216. The van der Waals surface area contributed by atoms with E-state index in [9.17, 15) is 9.59 Å². The van der Waals surface area contributed by atoms with Crippen LogP contribution in [0.5, 0.6) is 0 Å². The van der Waals surface area contributed by atoms with Gasteiger partial charge in [-0.3, -0.25) is 9.59 Å². The van der Waals surface area contributed by atoms with E-state index in [0.29, 0.717) is 56.1 Å². The minimum absolute atomic E-state index is 0. The van der Waals surface area contributed by atoms with Crippen molar-refractivity contribution < 1.29 is 71.2 Å². The number of carbonyl (C=O) groups is 2. The van der Waals surface area contributed by atoms with E-state index >= 15 is 0 Å². The van der Waals surface area contributed by atoms with Gasteiger partial charge >= 0.3 is 51.4 Å². The van der Waals surface area contributed by atoms with Crippen molar-refractivity contribution in [1.29, 1.82) is 0 Å². The normalized spacial score (nSPS) is 16.6. The Morgan fingerprint density at radius 1 is 0.921 bits per heavy atom. The van der Waals surface area contributed by atoms with Crippen molar-refractivity contribution in [2.45, 2.75) is 108 Å². The molecule has 0 aliphatic heterocycles. The van der Waals surface area contributed by atoms with E-state index < -0.39 is 0 Å². The molecule has 0 bridgehead atoms. The molecular formula is C31H62KN2O4-. The van der Waals surface area contributed by atoms with Crippen LogP contribution in [0.1, 0.15) is 108 Å². The second-order valence-corrected chi connectivity index (χ2v) is 12.7. The molecule has 0 spiro atoms. The van der Waals surface area contributed by atoms with E-state index in [0.717, 1.165) is 12.3 Å². The van der Waals surface area contributed by atoms with Gasteiger partial charge in [-0.25, -0.2) is 0 Å². The first kappa shape index (κ1) is 47.8. The number of rotatable bonds is 7. The molecule has 38 heavy (non-hydrogen) atoms. The molecule has 0 radical (unpaired) electrons. The molecule has 2 amide bonds. The molecule has 1 rings (SSSR count). The van der Waals surface area contributed by atoms with Gasteiger partial charge in [-0.15, -0.1) is 0 Å². The molecule has 1 aliphatic rings. The number of nitrogens with two attached hydrogens (primary N) is 1. The summed E-state index contributed by atoms with van der Waals surface area (Å²) in [6.07, 6.45) is 10.8. The molecule has 0 heterocycles. The Hall–Kier alpha value is 0.0564. The summed E-state index contributed by atoms with van der Waals surface area (Å²) in [5.41, 5.74) is 5.68. The van der Waals surface area contributed by atoms with Crippen LogP contribution in [0.15, 0.2) is 0 Å². The van der Waals surface area contributed by atoms with E-state index in [2.05, 4.69) is 59.7 Å². The first-order chi connectivity index (χ1) is 16.3. The van der Waals surface area contributed by atoms with Crippen LogP contribution in [0, 0.1) is 60.2 Å². The number of nitrogens with one attached hydrogen (secondary N) is 1. The zero-order valence-corrected chi connectivity index (χ0v) is 30.5. The van der Waals surface area contributed by atoms with Gasteiger partial charge in [0.15, 0.2) is 0 Å². The van der Waals surface area contributed by atoms with Gasteiger partial charge in [-0.05, 0) is 60.7 Å². The van der Waals surface area contributed by atoms with Crippen LogP contribution in [-0.4, -0.2) is 41.8 Å². The van der Waals surface area contributed by atoms with Gasteiger partial charge in [0, 0.05) is 25.0 Å². The van der Waals surface area contributed by atoms with Gasteiger partial charge in [0.05, 0.1) is 6.61 Å². The number of amides is 2. The summed E-state index contributed by atoms with van der Waals surface area (Å²) < 4.78 is 0.